The second-order valence-corrected chi connectivity index (χ2v) is 6.08. The minimum Gasteiger partial charge on any atom is -0.493 e. The average Bonchev–Trinajstić information content (AvgIpc) is 2.66. The van der Waals surface area contributed by atoms with E-state index in [9.17, 15) is 9.59 Å². The van der Waals surface area contributed by atoms with Crippen molar-refractivity contribution in [1.82, 2.24) is 9.97 Å². The fourth-order valence-corrected chi connectivity index (χ4v) is 2.52. The van der Waals surface area contributed by atoms with Gasteiger partial charge < -0.3 is 9.47 Å². The summed E-state index contributed by atoms with van der Waals surface area (Å²) in [5.41, 5.74) is 3.58. The highest BCUT2D eigenvalue weighted by atomic mass is 16.5. The van der Waals surface area contributed by atoms with E-state index in [1.807, 2.05) is 31.2 Å². The molecule has 0 bridgehead atoms. The van der Waals surface area contributed by atoms with Crippen molar-refractivity contribution in [3.05, 3.63) is 65.5 Å². The monoisotopic (exact) mass is 364 g/mol. The lowest BCUT2D eigenvalue weighted by molar-refractivity contribution is -0.145. The first-order valence-electron chi connectivity index (χ1n) is 8.64. The molecule has 0 amide bonds. The standard InChI is InChI=1S/C21H20N2O4/c1-14-20(23-19-6-4-3-5-18(19)22-14)13-27-21(25)11-12-26-17-9-7-16(8-10-17)15(2)24/h3-10H,11-13H2,1-2H3. The second kappa shape index (κ2) is 8.40. The molecule has 0 aliphatic carbocycles. The maximum absolute atomic E-state index is 11.9. The summed E-state index contributed by atoms with van der Waals surface area (Å²) < 4.78 is 10.8. The van der Waals surface area contributed by atoms with Gasteiger partial charge in [0.05, 0.1) is 35.4 Å². The van der Waals surface area contributed by atoms with Gasteiger partial charge in [-0.25, -0.2) is 9.97 Å². The topological polar surface area (TPSA) is 78.4 Å². The van der Waals surface area contributed by atoms with E-state index in [2.05, 4.69) is 9.97 Å². The van der Waals surface area contributed by atoms with Crippen molar-refractivity contribution < 1.29 is 19.1 Å². The van der Waals surface area contributed by atoms with Crippen LogP contribution in [0.3, 0.4) is 0 Å². The van der Waals surface area contributed by atoms with Gasteiger partial charge in [0, 0.05) is 5.56 Å². The molecular formula is C21H20N2O4. The number of hydrogen-bond acceptors (Lipinski definition) is 6. The van der Waals surface area contributed by atoms with Crippen molar-refractivity contribution in [3.63, 3.8) is 0 Å². The molecule has 27 heavy (non-hydrogen) atoms. The van der Waals surface area contributed by atoms with Crippen molar-refractivity contribution in [3.8, 4) is 5.75 Å². The Balaban J connectivity index is 1.48. The number of carbonyl (C=O) groups excluding carboxylic acids is 2. The molecule has 0 radical (unpaired) electrons. The van der Waals surface area contributed by atoms with E-state index in [-0.39, 0.29) is 31.4 Å². The Morgan fingerprint density at radius 1 is 0.963 bits per heavy atom. The summed E-state index contributed by atoms with van der Waals surface area (Å²) in [5, 5.41) is 0. The number of para-hydroxylation sites is 2. The third kappa shape index (κ3) is 4.88. The number of nitrogens with zero attached hydrogens (tertiary/aromatic N) is 2. The van der Waals surface area contributed by atoms with Crippen LogP contribution in [0.25, 0.3) is 11.0 Å². The van der Waals surface area contributed by atoms with E-state index < -0.39 is 0 Å². The highest BCUT2D eigenvalue weighted by molar-refractivity contribution is 5.94. The molecule has 0 fully saturated rings. The highest BCUT2D eigenvalue weighted by Gasteiger charge is 2.09. The summed E-state index contributed by atoms with van der Waals surface area (Å²) in [6, 6.07) is 14.4. The van der Waals surface area contributed by atoms with Gasteiger partial charge in [-0.05, 0) is 50.2 Å². The molecule has 0 saturated heterocycles. The van der Waals surface area contributed by atoms with Gasteiger partial charge in [-0.3, -0.25) is 9.59 Å². The molecule has 0 N–H and O–H groups in total. The second-order valence-electron chi connectivity index (χ2n) is 6.08. The Labute approximate surface area is 157 Å². The Morgan fingerprint density at radius 2 is 1.63 bits per heavy atom. The summed E-state index contributed by atoms with van der Waals surface area (Å²) in [7, 11) is 0. The lowest BCUT2D eigenvalue weighted by atomic mass is 10.1. The van der Waals surface area contributed by atoms with E-state index in [4.69, 9.17) is 9.47 Å². The van der Waals surface area contributed by atoms with Gasteiger partial charge in [0.2, 0.25) is 0 Å². The van der Waals surface area contributed by atoms with E-state index in [0.29, 0.717) is 17.0 Å². The highest BCUT2D eigenvalue weighted by Crippen LogP contribution is 2.14. The summed E-state index contributed by atoms with van der Waals surface area (Å²) in [6.45, 7) is 3.63. The number of rotatable bonds is 7. The number of esters is 1. The van der Waals surface area contributed by atoms with Crippen molar-refractivity contribution in [1.29, 1.82) is 0 Å². The van der Waals surface area contributed by atoms with Gasteiger partial charge in [0.15, 0.2) is 5.78 Å². The maximum atomic E-state index is 11.9. The number of benzene rings is 2. The van der Waals surface area contributed by atoms with Crippen LogP contribution in [0.4, 0.5) is 0 Å². The number of aryl methyl sites for hydroxylation is 1. The first kappa shape index (κ1) is 18.5. The normalized spacial score (nSPS) is 10.6. The van der Waals surface area contributed by atoms with Crippen molar-refractivity contribution >= 4 is 22.8 Å². The molecule has 0 unspecified atom stereocenters. The van der Waals surface area contributed by atoms with Gasteiger partial charge in [-0.1, -0.05) is 12.1 Å². The fraction of sp³-hybridized carbons (Fsp3) is 0.238. The van der Waals surface area contributed by atoms with Crippen LogP contribution < -0.4 is 4.74 Å². The van der Waals surface area contributed by atoms with Crippen LogP contribution in [-0.2, 0) is 16.1 Å². The molecule has 0 aliphatic heterocycles. The third-order valence-electron chi connectivity index (χ3n) is 4.05. The minimum absolute atomic E-state index is 0.00258. The third-order valence-corrected chi connectivity index (χ3v) is 4.05. The smallest absolute Gasteiger partial charge is 0.309 e. The summed E-state index contributed by atoms with van der Waals surface area (Å²) in [6.07, 6.45) is 0.120. The van der Waals surface area contributed by atoms with Crippen LogP contribution >= 0.6 is 0 Å². The zero-order chi connectivity index (χ0) is 19.2. The lowest BCUT2D eigenvalue weighted by Crippen LogP contribution is -2.11. The molecule has 0 aliphatic rings. The van der Waals surface area contributed by atoms with Crippen molar-refractivity contribution in [2.24, 2.45) is 0 Å². The average molecular weight is 364 g/mol. The van der Waals surface area contributed by atoms with Crippen molar-refractivity contribution in [2.75, 3.05) is 6.61 Å². The Bertz CT molecular complexity index is 968. The van der Waals surface area contributed by atoms with Crippen LogP contribution in [0, 0.1) is 6.92 Å². The van der Waals surface area contributed by atoms with Gasteiger partial charge in [0.25, 0.3) is 0 Å². The quantitative estimate of drug-likeness (QED) is 0.470. The predicted molar refractivity (Wildman–Crippen MR) is 101 cm³/mol. The molecule has 0 spiro atoms. The SMILES string of the molecule is CC(=O)c1ccc(OCCC(=O)OCc2nc3ccccc3nc2C)cc1. The van der Waals surface area contributed by atoms with Crippen LogP contribution in [0.2, 0.25) is 0 Å². The van der Waals surface area contributed by atoms with Crippen molar-refractivity contribution in [2.45, 2.75) is 26.9 Å². The van der Waals surface area contributed by atoms with Gasteiger partial charge in [-0.15, -0.1) is 0 Å². The van der Waals surface area contributed by atoms with E-state index in [0.717, 1.165) is 16.7 Å². The number of carbonyl (C=O) groups is 2. The van der Waals surface area contributed by atoms with E-state index in [1.54, 1.807) is 24.3 Å². The van der Waals surface area contributed by atoms with Gasteiger partial charge >= 0.3 is 5.97 Å². The number of aromatic nitrogens is 2. The molecule has 0 saturated carbocycles. The summed E-state index contributed by atoms with van der Waals surface area (Å²) in [5.74, 6) is 0.228. The lowest BCUT2D eigenvalue weighted by Gasteiger charge is -2.09. The molecule has 0 atom stereocenters. The minimum atomic E-state index is -0.371. The number of Topliss-reactive ketones (excluding diaryl/α,β-unsaturated/α-hetero) is 1. The summed E-state index contributed by atoms with van der Waals surface area (Å²) >= 11 is 0. The van der Waals surface area contributed by atoms with Gasteiger partial charge in [0.1, 0.15) is 12.4 Å². The van der Waals surface area contributed by atoms with Crippen LogP contribution in [0.15, 0.2) is 48.5 Å². The Kier molecular flexibility index (Phi) is 5.76. The Hall–Kier alpha value is -3.28. The zero-order valence-corrected chi connectivity index (χ0v) is 15.3. The molecule has 2 aromatic carbocycles. The van der Waals surface area contributed by atoms with E-state index >= 15 is 0 Å². The van der Waals surface area contributed by atoms with Gasteiger partial charge in [-0.2, -0.15) is 0 Å². The Morgan fingerprint density at radius 3 is 2.30 bits per heavy atom. The molecule has 3 rings (SSSR count). The number of fused-ring (bicyclic) bond motifs is 1. The number of hydrogen-bond donors (Lipinski definition) is 0. The zero-order valence-electron chi connectivity index (χ0n) is 15.3. The largest absolute Gasteiger partial charge is 0.493 e. The molecule has 1 aromatic heterocycles. The molecular weight excluding hydrogens is 344 g/mol. The summed E-state index contributed by atoms with van der Waals surface area (Å²) in [4.78, 5) is 32.1. The fourth-order valence-electron chi connectivity index (χ4n) is 2.52. The molecule has 3 aromatic rings. The molecule has 1 heterocycles. The maximum Gasteiger partial charge on any atom is 0.309 e. The number of ether oxygens (including phenoxy) is 2. The van der Waals surface area contributed by atoms with E-state index in [1.165, 1.54) is 6.92 Å². The van der Waals surface area contributed by atoms with Crippen LogP contribution in [0.5, 0.6) is 5.75 Å². The van der Waals surface area contributed by atoms with Crippen LogP contribution in [-0.4, -0.2) is 28.3 Å². The molecule has 6 nitrogen and oxygen atoms in total. The molecule has 138 valence electrons. The first-order chi connectivity index (χ1) is 13.0. The predicted octanol–water partition coefficient (Wildman–Crippen LogP) is 3.65. The number of ketones is 1. The van der Waals surface area contributed by atoms with Crippen LogP contribution in [0.1, 0.15) is 35.1 Å². The molecule has 6 heteroatoms. The first-order valence-corrected chi connectivity index (χ1v) is 8.64.